The Balaban J connectivity index is 1.84. The van der Waals surface area contributed by atoms with Gasteiger partial charge < -0.3 is 10.3 Å². The number of nitrogens with one attached hydrogen (secondary N) is 2. The summed E-state index contributed by atoms with van der Waals surface area (Å²) in [4.78, 5) is 19.4. The first-order valence-corrected chi connectivity index (χ1v) is 6.57. The van der Waals surface area contributed by atoms with Gasteiger partial charge in [-0.3, -0.25) is 4.79 Å². The molecule has 0 spiro atoms. The summed E-state index contributed by atoms with van der Waals surface area (Å²) in [7, 11) is 0. The Kier molecular flexibility index (Phi) is 3.39. The van der Waals surface area contributed by atoms with E-state index in [1.807, 2.05) is 42.7 Å². The predicted octanol–water partition coefficient (Wildman–Crippen LogP) is 3.15. The number of nitrogens with zero attached hydrogens (tertiary/aromatic N) is 1. The molecule has 0 aliphatic carbocycles. The van der Waals surface area contributed by atoms with Crippen molar-refractivity contribution in [3.05, 3.63) is 65.1 Å². The number of rotatable bonds is 3. The van der Waals surface area contributed by atoms with Crippen LogP contribution in [0.2, 0.25) is 5.02 Å². The van der Waals surface area contributed by atoms with Gasteiger partial charge >= 0.3 is 0 Å². The monoisotopic (exact) mass is 285 g/mol. The summed E-state index contributed by atoms with van der Waals surface area (Å²) >= 11 is 6.18. The molecular formula is C15H12ClN3O. The van der Waals surface area contributed by atoms with E-state index in [0.717, 1.165) is 10.9 Å². The highest BCUT2D eigenvalue weighted by molar-refractivity contribution is 6.35. The summed E-state index contributed by atoms with van der Waals surface area (Å²) in [6.45, 7) is 0.453. The number of pyridine rings is 1. The quantitative estimate of drug-likeness (QED) is 0.777. The summed E-state index contributed by atoms with van der Waals surface area (Å²) in [5.74, 6) is -0.237. The molecule has 1 aromatic carbocycles. The third-order valence-electron chi connectivity index (χ3n) is 3.01. The van der Waals surface area contributed by atoms with Crippen LogP contribution < -0.4 is 5.32 Å². The highest BCUT2D eigenvalue weighted by atomic mass is 35.5. The van der Waals surface area contributed by atoms with Crippen LogP contribution in [0.25, 0.3) is 10.9 Å². The average Bonchev–Trinajstić information content (AvgIpc) is 2.98. The zero-order chi connectivity index (χ0) is 13.9. The number of fused-ring (bicyclic) bond motifs is 1. The summed E-state index contributed by atoms with van der Waals surface area (Å²) in [6, 6.07) is 11.0. The van der Waals surface area contributed by atoms with Crippen LogP contribution in [0.15, 0.2) is 48.8 Å². The maximum atomic E-state index is 12.1. The molecule has 0 aliphatic heterocycles. The van der Waals surface area contributed by atoms with Gasteiger partial charge in [0.1, 0.15) is 5.69 Å². The van der Waals surface area contributed by atoms with Gasteiger partial charge in [-0.05, 0) is 23.8 Å². The summed E-state index contributed by atoms with van der Waals surface area (Å²) in [5.41, 5.74) is 2.04. The van der Waals surface area contributed by atoms with Crippen molar-refractivity contribution in [2.75, 3.05) is 0 Å². The maximum Gasteiger partial charge on any atom is 0.270 e. The number of para-hydroxylation sites is 1. The molecule has 2 N–H and O–H groups in total. The predicted molar refractivity (Wildman–Crippen MR) is 78.7 cm³/mol. The van der Waals surface area contributed by atoms with Crippen molar-refractivity contribution in [3.8, 4) is 0 Å². The number of carbonyl (C=O) groups is 1. The number of carbonyl (C=O) groups excluding carboxylic acids is 1. The number of aromatic amines is 1. The molecule has 1 amide bonds. The smallest absolute Gasteiger partial charge is 0.270 e. The third kappa shape index (κ3) is 2.51. The Bertz CT molecular complexity index is 753. The van der Waals surface area contributed by atoms with Crippen LogP contribution in [0.5, 0.6) is 0 Å². The highest BCUT2D eigenvalue weighted by Gasteiger charge is 2.10. The second-order valence-electron chi connectivity index (χ2n) is 4.41. The molecule has 0 saturated carbocycles. The first-order chi connectivity index (χ1) is 9.74. The first kappa shape index (κ1) is 12.7. The number of aromatic nitrogens is 2. The van der Waals surface area contributed by atoms with E-state index in [-0.39, 0.29) is 5.91 Å². The van der Waals surface area contributed by atoms with Crippen molar-refractivity contribution < 1.29 is 4.79 Å². The summed E-state index contributed by atoms with van der Waals surface area (Å²) in [5, 5.41) is 4.19. The lowest BCUT2D eigenvalue weighted by Gasteiger charge is -2.06. The second kappa shape index (κ2) is 5.35. The number of benzene rings is 1. The standard InChI is InChI=1S/C15H12ClN3O/c16-12-7-14(19-13-4-2-1-3-11(12)13)15(20)18-9-10-5-6-17-8-10/h1-8,17H,9H2,(H,18,20). The molecule has 0 aliphatic rings. The molecule has 0 saturated heterocycles. The molecule has 20 heavy (non-hydrogen) atoms. The fourth-order valence-corrected chi connectivity index (χ4v) is 2.25. The largest absolute Gasteiger partial charge is 0.367 e. The van der Waals surface area contributed by atoms with Crippen LogP contribution in [0, 0.1) is 0 Å². The van der Waals surface area contributed by atoms with Crippen LogP contribution in [0.4, 0.5) is 0 Å². The van der Waals surface area contributed by atoms with E-state index in [1.54, 1.807) is 6.07 Å². The molecule has 0 atom stereocenters. The van der Waals surface area contributed by atoms with E-state index in [0.29, 0.717) is 22.8 Å². The number of hydrogen-bond acceptors (Lipinski definition) is 2. The molecule has 3 rings (SSSR count). The van der Waals surface area contributed by atoms with Crippen molar-refractivity contribution >= 4 is 28.4 Å². The maximum absolute atomic E-state index is 12.1. The average molecular weight is 286 g/mol. The Morgan fingerprint density at radius 3 is 2.95 bits per heavy atom. The van der Waals surface area contributed by atoms with Gasteiger partial charge in [-0.1, -0.05) is 29.8 Å². The van der Waals surface area contributed by atoms with Crippen molar-refractivity contribution in [1.29, 1.82) is 0 Å². The lowest BCUT2D eigenvalue weighted by molar-refractivity contribution is 0.0946. The number of hydrogen-bond donors (Lipinski definition) is 2. The Labute approximate surface area is 120 Å². The van der Waals surface area contributed by atoms with Crippen molar-refractivity contribution in [2.24, 2.45) is 0 Å². The molecule has 3 aromatic rings. The molecule has 4 nitrogen and oxygen atoms in total. The molecule has 0 bridgehead atoms. The normalized spacial score (nSPS) is 10.7. The van der Waals surface area contributed by atoms with Gasteiger partial charge in [0.05, 0.1) is 10.5 Å². The van der Waals surface area contributed by atoms with Crippen molar-refractivity contribution in [3.63, 3.8) is 0 Å². The van der Waals surface area contributed by atoms with E-state index in [1.165, 1.54) is 0 Å². The highest BCUT2D eigenvalue weighted by Crippen LogP contribution is 2.22. The summed E-state index contributed by atoms with van der Waals surface area (Å²) < 4.78 is 0. The van der Waals surface area contributed by atoms with Crippen LogP contribution in [-0.2, 0) is 6.54 Å². The third-order valence-corrected chi connectivity index (χ3v) is 3.33. The van der Waals surface area contributed by atoms with Gasteiger partial charge in [-0.2, -0.15) is 0 Å². The van der Waals surface area contributed by atoms with Gasteiger partial charge in [0.15, 0.2) is 0 Å². The van der Waals surface area contributed by atoms with Crippen LogP contribution in [0.3, 0.4) is 0 Å². The van der Waals surface area contributed by atoms with Crippen LogP contribution in [0.1, 0.15) is 16.1 Å². The minimum absolute atomic E-state index is 0.237. The minimum Gasteiger partial charge on any atom is -0.367 e. The Morgan fingerprint density at radius 2 is 2.15 bits per heavy atom. The van der Waals surface area contributed by atoms with Gasteiger partial charge in [-0.15, -0.1) is 0 Å². The number of amides is 1. The Morgan fingerprint density at radius 1 is 1.30 bits per heavy atom. The van der Waals surface area contributed by atoms with Gasteiger partial charge in [-0.25, -0.2) is 4.98 Å². The number of H-pyrrole nitrogens is 1. The van der Waals surface area contributed by atoms with Crippen molar-refractivity contribution in [2.45, 2.75) is 6.54 Å². The minimum atomic E-state index is -0.237. The molecule has 0 fully saturated rings. The summed E-state index contributed by atoms with van der Waals surface area (Å²) in [6.07, 6.45) is 3.65. The zero-order valence-electron chi connectivity index (χ0n) is 10.6. The first-order valence-electron chi connectivity index (χ1n) is 6.19. The molecular weight excluding hydrogens is 274 g/mol. The molecule has 2 heterocycles. The zero-order valence-corrected chi connectivity index (χ0v) is 11.3. The van der Waals surface area contributed by atoms with E-state index >= 15 is 0 Å². The molecule has 2 aromatic heterocycles. The fraction of sp³-hybridized carbons (Fsp3) is 0.0667. The van der Waals surface area contributed by atoms with Crippen LogP contribution in [-0.4, -0.2) is 15.9 Å². The second-order valence-corrected chi connectivity index (χ2v) is 4.82. The van der Waals surface area contributed by atoms with Crippen molar-refractivity contribution in [1.82, 2.24) is 15.3 Å². The topological polar surface area (TPSA) is 57.8 Å². The molecule has 100 valence electrons. The molecule has 5 heteroatoms. The molecule has 0 radical (unpaired) electrons. The van der Waals surface area contributed by atoms with Gasteiger partial charge in [0, 0.05) is 24.3 Å². The van der Waals surface area contributed by atoms with E-state index < -0.39 is 0 Å². The number of halogens is 1. The van der Waals surface area contributed by atoms with Gasteiger partial charge in [0.2, 0.25) is 0 Å². The van der Waals surface area contributed by atoms with Gasteiger partial charge in [0.25, 0.3) is 5.91 Å². The fourth-order valence-electron chi connectivity index (χ4n) is 1.99. The lowest BCUT2D eigenvalue weighted by Crippen LogP contribution is -2.23. The van der Waals surface area contributed by atoms with E-state index in [4.69, 9.17) is 11.6 Å². The Hall–Kier alpha value is -2.33. The SMILES string of the molecule is O=C(NCc1cc[nH]c1)c1cc(Cl)c2ccccc2n1. The lowest BCUT2D eigenvalue weighted by atomic mass is 10.2. The molecule has 0 unspecified atom stereocenters. The van der Waals surface area contributed by atoms with E-state index in [9.17, 15) is 4.79 Å². The van der Waals surface area contributed by atoms with E-state index in [2.05, 4.69) is 15.3 Å². The van der Waals surface area contributed by atoms with Crippen LogP contribution >= 0.6 is 11.6 Å².